The van der Waals surface area contributed by atoms with E-state index in [1.54, 1.807) is 6.08 Å². The third-order valence-corrected chi connectivity index (χ3v) is 1.99. The molecule has 0 unspecified atom stereocenters. The van der Waals surface area contributed by atoms with Crippen LogP contribution in [0.4, 0.5) is 0 Å². The van der Waals surface area contributed by atoms with E-state index in [2.05, 4.69) is 30.4 Å². The largest absolute Gasteiger partial charge is 0.254 e. The van der Waals surface area contributed by atoms with Crippen LogP contribution in [-0.2, 0) is 0 Å². The lowest BCUT2D eigenvalue weighted by atomic mass is 10.1. The second-order valence-corrected chi connectivity index (χ2v) is 3.52. The number of aryl methyl sites for hydroxylation is 1. The zero-order valence-corrected chi connectivity index (χ0v) is 8.99. The van der Waals surface area contributed by atoms with Crippen LogP contribution in [0.15, 0.2) is 24.9 Å². The highest BCUT2D eigenvalue weighted by atomic mass is 14.8. The molecule has 1 rings (SSSR count). The van der Waals surface area contributed by atoms with Gasteiger partial charge in [0.15, 0.2) is 0 Å². The van der Waals surface area contributed by atoms with Gasteiger partial charge in [0.05, 0.1) is 17.1 Å². The lowest BCUT2D eigenvalue weighted by Gasteiger charge is -2.05. The SMILES string of the molecule is C=C/C=C\c1ncc(C(C)C)nc1C. The van der Waals surface area contributed by atoms with Gasteiger partial charge in [0.2, 0.25) is 0 Å². The molecule has 0 spiro atoms. The summed E-state index contributed by atoms with van der Waals surface area (Å²) in [5, 5.41) is 0. The van der Waals surface area contributed by atoms with E-state index in [9.17, 15) is 0 Å². The smallest absolute Gasteiger partial charge is 0.0842 e. The van der Waals surface area contributed by atoms with Crippen LogP contribution in [0.3, 0.4) is 0 Å². The number of hydrogen-bond donors (Lipinski definition) is 0. The Hall–Kier alpha value is -1.44. The highest BCUT2D eigenvalue weighted by Gasteiger charge is 2.03. The molecule has 2 heteroatoms. The van der Waals surface area contributed by atoms with Crippen LogP contribution in [0.25, 0.3) is 6.08 Å². The van der Waals surface area contributed by atoms with Gasteiger partial charge < -0.3 is 0 Å². The summed E-state index contributed by atoms with van der Waals surface area (Å²) in [6.07, 6.45) is 7.35. The highest BCUT2D eigenvalue weighted by molar-refractivity contribution is 5.48. The summed E-state index contributed by atoms with van der Waals surface area (Å²) in [6.45, 7) is 9.82. The molecule has 74 valence electrons. The Morgan fingerprint density at radius 1 is 1.43 bits per heavy atom. The molecule has 0 radical (unpaired) electrons. The molecule has 0 aliphatic heterocycles. The molecule has 0 amide bonds. The molecule has 0 N–H and O–H groups in total. The molecule has 0 fully saturated rings. The number of allylic oxidation sites excluding steroid dienone is 2. The molecule has 0 saturated carbocycles. The Morgan fingerprint density at radius 2 is 2.14 bits per heavy atom. The average Bonchev–Trinajstić information content (AvgIpc) is 2.15. The Balaban J connectivity index is 3.01. The first-order chi connectivity index (χ1) is 6.65. The van der Waals surface area contributed by atoms with Crippen LogP contribution in [0.2, 0.25) is 0 Å². The summed E-state index contributed by atoms with van der Waals surface area (Å²) in [7, 11) is 0. The lowest BCUT2D eigenvalue weighted by Crippen LogP contribution is -1.99. The minimum atomic E-state index is 0.429. The van der Waals surface area contributed by atoms with Gasteiger partial charge in [-0.15, -0.1) is 0 Å². The molecule has 1 aromatic rings. The number of rotatable bonds is 3. The summed E-state index contributed by atoms with van der Waals surface area (Å²) in [4.78, 5) is 8.82. The van der Waals surface area contributed by atoms with Gasteiger partial charge >= 0.3 is 0 Å². The molecular formula is C12H16N2. The molecule has 14 heavy (non-hydrogen) atoms. The normalized spacial score (nSPS) is 11.1. The van der Waals surface area contributed by atoms with Crippen LogP contribution in [0.1, 0.15) is 36.8 Å². The monoisotopic (exact) mass is 188 g/mol. The third kappa shape index (κ3) is 2.52. The summed E-state index contributed by atoms with van der Waals surface area (Å²) in [5.74, 6) is 0.429. The molecule has 0 atom stereocenters. The van der Waals surface area contributed by atoms with E-state index in [-0.39, 0.29) is 0 Å². The number of hydrogen-bond acceptors (Lipinski definition) is 2. The van der Waals surface area contributed by atoms with Gasteiger partial charge in [-0.05, 0) is 18.9 Å². The Labute approximate surface area is 85.4 Å². The first kappa shape index (κ1) is 10.6. The van der Waals surface area contributed by atoms with Crippen LogP contribution >= 0.6 is 0 Å². The van der Waals surface area contributed by atoms with Crippen molar-refractivity contribution >= 4 is 6.08 Å². The average molecular weight is 188 g/mol. The summed E-state index contributed by atoms with van der Waals surface area (Å²) in [5.41, 5.74) is 2.92. The van der Waals surface area contributed by atoms with E-state index < -0.39 is 0 Å². The molecule has 1 aromatic heterocycles. The zero-order valence-electron chi connectivity index (χ0n) is 8.99. The quantitative estimate of drug-likeness (QED) is 0.681. The topological polar surface area (TPSA) is 25.8 Å². The Kier molecular flexibility index (Phi) is 3.57. The highest BCUT2D eigenvalue weighted by Crippen LogP contribution is 2.12. The van der Waals surface area contributed by atoms with Crippen LogP contribution in [0, 0.1) is 6.92 Å². The minimum absolute atomic E-state index is 0.429. The Morgan fingerprint density at radius 3 is 2.64 bits per heavy atom. The van der Waals surface area contributed by atoms with Gasteiger partial charge in [0, 0.05) is 6.20 Å². The van der Waals surface area contributed by atoms with Crippen LogP contribution in [0.5, 0.6) is 0 Å². The van der Waals surface area contributed by atoms with E-state index in [4.69, 9.17) is 0 Å². The zero-order chi connectivity index (χ0) is 10.6. The first-order valence-corrected chi connectivity index (χ1v) is 4.77. The van der Waals surface area contributed by atoms with Crippen molar-refractivity contribution in [3.63, 3.8) is 0 Å². The molecule has 2 nitrogen and oxygen atoms in total. The molecule has 0 saturated heterocycles. The van der Waals surface area contributed by atoms with Gasteiger partial charge in [0.25, 0.3) is 0 Å². The van der Waals surface area contributed by atoms with E-state index in [0.29, 0.717) is 5.92 Å². The minimum Gasteiger partial charge on any atom is -0.254 e. The fourth-order valence-corrected chi connectivity index (χ4v) is 1.11. The van der Waals surface area contributed by atoms with Gasteiger partial charge in [-0.2, -0.15) is 0 Å². The van der Waals surface area contributed by atoms with Crippen LogP contribution in [-0.4, -0.2) is 9.97 Å². The van der Waals surface area contributed by atoms with Crippen molar-refractivity contribution in [3.05, 3.63) is 42.0 Å². The maximum atomic E-state index is 4.48. The molecule has 0 aromatic carbocycles. The second-order valence-electron chi connectivity index (χ2n) is 3.52. The fourth-order valence-electron chi connectivity index (χ4n) is 1.11. The van der Waals surface area contributed by atoms with Crippen molar-refractivity contribution in [2.24, 2.45) is 0 Å². The number of nitrogens with zero attached hydrogens (tertiary/aromatic N) is 2. The van der Waals surface area contributed by atoms with Gasteiger partial charge in [-0.1, -0.05) is 32.6 Å². The van der Waals surface area contributed by atoms with Crippen molar-refractivity contribution < 1.29 is 0 Å². The van der Waals surface area contributed by atoms with Crippen molar-refractivity contribution in [3.8, 4) is 0 Å². The van der Waals surface area contributed by atoms with Crippen molar-refractivity contribution in [1.29, 1.82) is 0 Å². The standard InChI is InChI=1S/C12H16N2/c1-5-6-7-11-10(4)14-12(8-13-11)9(2)3/h5-9H,1H2,2-4H3/b7-6-. The van der Waals surface area contributed by atoms with E-state index in [1.807, 2.05) is 25.3 Å². The molecule has 0 aliphatic carbocycles. The lowest BCUT2D eigenvalue weighted by molar-refractivity contribution is 0.801. The second kappa shape index (κ2) is 4.70. The Bertz CT molecular complexity index is 351. The number of aromatic nitrogens is 2. The molecular weight excluding hydrogens is 172 g/mol. The summed E-state index contributed by atoms with van der Waals surface area (Å²) < 4.78 is 0. The van der Waals surface area contributed by atoms with Crippen molar-refractivity contribution in [2.45, 2.75) is 26.7 Å². The van der Waals surface area contributed by atoms with Gasteiger partial charge in [0.1, 0.15) is 0 Å². The van der Waals surface area contributed by atoms with E-state index >= 15 is 0 Å². The maximum absolute atomic E-state index is 4.48. The molecule has 1 heterocycles. The molecule has 0 bridgehead atoms. The summed E-state index contributed by atoms with van der Waals surface area (Å²) in [6, 6.07) is 0. The van der Waals surface area contributed by atoms with Crippen LogP contribution < -0.4 is 0 Å². The predicted octanol–water partition coefficient (Wildman–Crippen LogP) is 3.11. The molecule has 0 aliphatic rings. The summed E-state index contributed by atoms with van der Waals surface area (Å²) >= 11 is 0. The van der Waals surface area contributed by atoms with E-state index in [1.165, 1.54) is 0 Å². The van der Waals surface area contributed by atoms with Crippen molar-refractivity contribution in [2.75, 3.05) is 0 Å². The van der Waals surface area contributed by atoms with Crippen molar-refractivity contribution in [1.82, 2.24) is 9.97 Å². The first-order valence-electron chi connectivity index (χ1n) is 4.77. The predicted molar refractivity (Wildman–Crippen MR) is 60.1 cm³/mol. The fraction of sp³-hybridized carbons (Fsp3) is 0.333. The van der Waals surface area contributed by atoms with Gasteiger partial charge in [-0.25, -0.2) is 0 Å². The van der Waals surface area contributed by atoms with Gasteiger partial charge in [-0.3, -0.25) is 9.97 Å². The van der Waals surface area contributed by atoms with E-state index in [0.717, 1.165) is 17.1 Å². The third-order valence-electron chi connectivity index (χ3n) is 1.99. The maximum Gasteiger partial charge on any atom is 0.0842 e.